The molecule has 5 aromatic rings. The van der Waals surface area contributed by atoms with Crippen molar-refractivity contribution >= 4 is 11.7 Å². The van der Waals surface area contributed by atoms with Crippen molar-refractivity contribution in [2.24, 2.45) is 0 Å². The molecule has 1 spiro atoms. The SMILES string of the molecule is O=C(NCc1ccccc1-c1ccc([C@H]2O[C@@H](CN3CCC4(CC3)OCCO4)C[C@@H](c3ccc(CO)cc3)O2)cc1)Nc1ccc(Oc2ccccc2)cc1. The van der Waals surface area contributed by atoms with Gasteiger partial charge in [0.25, 0.3) is 0 Å². The first-order valence-electron chi connectivity index (χ1n) is 19.1. The number of carbonyl (C=O) groups is 1. The molecule has 0 aliphatic carbocycles. The van der Waals surface area contributed by atoms with E-state index in [4.69, 9.17) is 23.7 Å². The second-order valence-corrected chi connectivity index (χ2v) is 14.3. The molecule has 0 bridgehead atoms. The molecule has 3 saturated heterocycles. The van der Waals surface area contributed by atoms with Gasteiger partial charge in [-0.1, -0.05) is 91.0 Å². The Labute approximate surface area is 321 Å². The Bertz CT molecular complexity index is 1990. The summed E-state index contributed by atoms with van der Waals surface area (Å²) < 4.78 is 31.1. The van der Waals surface area contributed by atoms with E-state index < -0.39 is 12.1 Å². The number of benzene rings is 5. The summed E-state index contributed by atoms with van der Waals surface area (Å²) in [5.74, 6) is 1.02. The molecule has 3 atom stereocenters. The van der Waals surface area contributed by atoms with Crippen LogP contribution in [0.2, 0.25) is 0 Å². The van der Waals surface area contributed by atoms with Gasteiger partial charge in [-0.05, 0) is 64.2 Å². The fraction of sp³-hybridized carbons (Fsp3) is 0.311. The first-order chi connectivity index (χ1) is 27.0. The number of urea groups is 1. The summed E-state index contributed by atoms with van der Waals surface area (Å²) in [6.07, 6.45) is 1.69. The van der Waals surface area contributed by atoms with Crippen molar-refractivity contribution < 1.29 is 33.6 Å². The average molecular weight is 742 g/mol. The Morgan fingerprint density at radius 3 is 2.16 bits per heavy atom. The van der Waals surface area contributed by atoms with Gasteiger partial charge in [-0.25, -0.2) is 4.79 Å². The van der Waals surface area contributed by atoms with Crippen molar-refractivity contribution in [1.29, 1.82) is 0 Å². The second-order valence-electron chi connectivity index (χ2n) is 14.3. The third-order valence-electron chi connectivity index (χ3n) is 10.5. The lowest BCUT2D eigenvalue weighted by atomic mass is 9.97. The lowest BCUT2D eigenvalue weighted by Crippen LogP contribution is -2.48. The summed E-state index contributed by atoms with van der Waals surface area (Å²) in [6, 6.07) is 40.9. The van der Waals surface area contributed by atoms with Gasteiger partial charge in [0.15, 0.2) is 12.1 Å². The molecule has 5 aromatic carbocycles. The molecule has 0 radical (unpaired) electrons. The fourth-order valence-electron chi connectivity index (χ4n) is 7.54. The largest absolute Gasteiger partial charge is 0.457 e. The van der Waals surface area contributed by atoms with Crippen LogP contribution in [-0.4, -0.2) is 60.8 Å². The molecule has 0 unspecified atom stereocenters. The normalized spacial score (nSPS) is 20.9. The molecule has 3 heterocycles. The Balaban J connectivity index is 0.910. The molecule has 10 nitrogen and oxygen atoms in total. The lowest BCUT2D eigenvalue weighted by Gasteiger charge is -2.41. The van der Waals surface area contributed by atoms with Gasteiger partial charge >= 0.3 is 6.03 Å². The monoisotopic (exact) mass is 741 g/mol. The maximum absolute atomic E-state index is 12.9. The Hall–Kier alpha value is -5.07. The lowest BCUT2D eigenvalue weighted by molar-refractivity contribution is -0.255. The van der Waals surface area contributed by atoms with E-state index in [0.29, 0.717) is 31.2 Å². The average Bonchev–Trinajstić information content (AvgIpc) is 3.70. The highest BCUT2D eigenvalue weighted by Gasteiger charge is 2.41. The molecule has 3 aliphatic heterocycles. The number of aliphatic hydroxyl groups excluding tert-OH is 1. The maximum atomic E-state index is 12.9. The Kier molecular flexibility index (Phi) is 11.5. The fourth-order valence-corrected chi connectivity index (χ4v) is 7.54. The minimum atomic E-state index is -0.549. The molecule has 0 saturated carbocycles. The van der Waals surface area contributed by atoms with Gasteiger partial charge in [-0.2, -0.15) is 0 Å². The van der Waals surface area contributed by atoms with Crippen LogP contribution >= 0.6 is 0 Å². The van der Waals surface area contributed by atoms with Crippen LogP contribution in [0.4, 0.5) is 10.5 Å². The summed E-state index contributed by atoms with van der Waals surface area (Å²) in [5.41, 5.74) is 6.58. The number of anilines is 1. The molecule has 2 amide bonds. The number of nitrogens with zero attached hydrogens (tertiary/aromatic N) is 1. The molecule has 8 rings (SSSR count). The molecule has 0 aromatic heterocycles. The van der Waals surface area contributed by atoms with E-state index >= 15 is 0 Å². The van der Waals surface area contributed by atoms with Crippen molar-refractivity contribution in [1.82, 2.24) is 10.2 Å². The minimum absolute atomic E-state index is 0.00324. The molecule has 284 valence electrons. The number of aliphatic hydroxyl groups is 1. The number of piperidine rings is 1. The Morgan fingerprint density at radius 1 is 0.764 bits per heavy atom. The van der Waals surface area contributed by atoms with E-state index in [-0.39, 0.29) is 24.8 Å². The van der Waals surface area contributed by atoms with Crippen LogP contribution < -0.4 is 15.4 Å². The number of hydrogen-bond donors (Lipinski definition) is 3. The van der Waals surface area contributed by atoms with Crippen LogP contribution in [0.5, 0.6) is 11.5 Å². The molecule has 3 N–H and O–H groups in total. The maximum Gasteiger partial charge on any atom is 0.319 e. The highest BCUT2D eigenvalue weighted by Crippen LogP contribution is 2.40. The van der Waals surface area contributed by atoms with Gasteiger partial charge in [0.05, 0.1) is 32.0 Å². The molecule has 55 heavy (non-hydrogen) atoms. The van der Waals surface area contributed by atoms with E-state index in [1.807, 2.05) is 97.1 Å². The van der Waals surface area contributed by atoms with Crippen molar-refractivity contribution in [3.05, 3.63) is 150 Å². The summed E-state index contributed by atoms with van der Waals surface area (Å²) in [7, 11) is 0. The van der Waals surface area contributed by atoms with Crippen LogP contribution in [0.25, 0.3) is 11.1 Å². The first kappa shape index (κ1) is 36.9. The number of amides is 2. The zero-order valence-electron chi connectivity index (χ0n) is 30.8. The van der Waals surface area contributed by atoms with E-state index in [9.17, 15) is 9.90 Å². The number of hydrogen-bond acceptors (Lipinski definition) is 8. The van der Waals surface area contributed by atoms with Crippen molar-refractivity contribution in [2.75, 3.05) is 38.2 Å². The summed E-state index contributed by atoms with van der Waals surface area (Å²) >= 11 is 0. The zero-order chi connectivity index (χ0) is 37.5. The summed E-state index contributed by atoms with van der Waals surface area (Å²) in [5, 5.41) is 15.5. The molecular weight excluding hydrogens is 695 g/mol. The molecule has 3 aliphatic rings. The number of carbonyl (C=O) groups excluding carboxylic acids is 1. The zero-order valence-corrected chi connectivity index (χ0v) is 30.8. The quantitative estimate of drug-likeness (QED) is 0.124. The van der Waals surface area contributed by atoms with E-state index in [1.54, 1.807) is 0 Å². The van der Waals surface area contributed by atoms with E-state index in [1.165, 1.54) is 0 Å². The second kappa shape index (κ2) is 17.2. The standard InChI is InChI=1S/C45H47N3O7/c49-31-32-10-12-34(13-11-32)42-28-40(30-48-24-22-45(23-25-48)51-26-27-52-45)54-43(55-42)35-16-14-33(15-17-35)41-9-5-4-6-36(41)29-46-44(50)47-37-18-20-39(21-19-37)53-38-7-2-1-3-8-38/h1-21,40,42-43,49H,22-31H2,(H2,46,47,50)/t40-,42+,43+/m1/s1. The molecule has 10 heteroatoms. The van der Waals surface area contributed by atoms with E-state index in [2.05, 4.69) is 45.9 Å². The number of para-hydroxylation sites is 1. The van der Waals surface area contributed by atoms with Gasteiger partial charge < -0.3 is 44.3 Å². The highest BCUT2D eigenvalue weighted by molar-refractivity contribution is 5.89. The van der Waals surface area contributed by atoms with Gasteiger partial charge in [0, 0.05) is 56.7 Å². The van der Waals surface area contributed by atoms with Gasteiger partial charge in [-0.3, -0.25) is 0 Å². The first-order valence-corrected chi connectivity index (χ1v) is 19.1. The number of rotatable bonds is 11. The predicted octanol–water partition coefficient (Wildman–Crippen LogP) is 8.34. The van der Waals surface area contributed by atoms with Crippen LogP contribution in [0.3, 0.4) is 0 Å². The summed E-state index contributed by atoms with van der Waals surface area (Å²) in [6.45, 7) is 4.27. The highest BCUT2D eigenvalue weighted by atomic mass is 16.7. The predicted molar refractivity (Wildman–Crippen MR) is 209 cm³/mol. The Morgan fingerprint density at radius 2 is 1.44 bits per heavy atom. The van der Waals surface area contributed by atoms with Crippen molar-refractivity contribution in [3.8, 4) is 22.6 Å². The topological polar surface area (TPSA) is 111 Å². The van der Waals surface area contributed by atoms with Gasteiger partial charge in [0.1, 0.15) is 11.5 Å². The van der Waals surface area contributed by atoms with Crippen LogP contribution in [0.15, 0.2) is 127 Å². The molecule has 3 fully saturated rings. The van der Waals surface area contributed by atoms with Crippen LogP contribution in [0.1, 0.15) is 53.9 Å². The molecular formula is C45H47N3O7. The van der Waals surface area contributed by atoms with Crippen molar-refractivity contribution in [2.45, 2.75) is 56.7 Å². The minimum Gasteiger partial charge on any atom is -0.457 e. The van der Waals surface area contributed by atoms with Crippen LogP contribution in [-0.2, 0) is 32.1 Å². The van der Waals surface area contributed by atoms with Crippen molar-refractivity contribution in [3.63, 3.8) is 0 Å². The smallest absolute Gasteiger partial charge is 0.319 e. The number of likely N-dealkylation sites (tertiary alicyclic amines) is 1. The van der Waals surface area contributed by atoms with Crippen LogP contribution in [0, 0.1) is 0 Å². The van der Waals surface area contributed by atoms with Gasteiger partial charge in [-0.15, -0.1) is 0 Å². The van der Waals surface area contributed by atoms with E-state index in [0.717, 1.165) is 78.0 Å². The number of ether oxygens (including phenoxy) is 5. The third kappa shape index (κ3) is 9.25. The summed E-state index contributed by atoms with van der Waals surface area (Å²) in [4.78, 5) is 15.3. The number of nitrogens with one attached hydrogen (secondary N) is 2. The van der Waals surface area contributed by atoms with Gasteiger partial charge in [0.2, 0.25) is 0 Å². The third-order valence-corrected chi connectivity index (χ3v) is 10.5.